The maximum atomic E-state index is 12.3. The van der Waals surface area contributed by atoms with Crippen LogP contribution in [0.1, 0.15) is 5.56 Å². The van der Waals surface area contributed by atoms with Gasteiger partial charge in [0.2, 0.25) is 0 Å². The van der Waals surface area contributed by atoms with Crippen LogP contribution in [-0.4, -0.2) is 11.1 Å². The van der Waals surface area contributed by atoms with Crippen LogP contribution in [0.4, 0.5) is 0 Å². The first-order valence-corrected chi connectivity index (χ1v) is 7.27. The maximum absolute atomic E-state index is 12.3. The van der Waals surface area contributed by atoms with Gasteiger partial charge in [-0.1, -0.05) is 41.9 Å². The van der Waals surface area contributed by atoms with Gasteiger partial charge in [-0.05, 0) is 30.2 Å². The standard InChI is InChI=1S/C16H15NO2S/c1-19-13-7-8-15-14(11-13)16(18)17(20-15)10-9-12-5-3-2-4-6-12/h2-8,11H,9-10H2,1H3. The normalized spacial score (nSPS) is 10.8. The lowest BCUT2D eigenvalue weighted by Gasteiger charge is -2.00. The Hall–Kier alpha value is -2.07. The zero-order valence-corrected chi connectivity index (χ0v) is 12.0. The molecule has 20 heavy (non-hydrogen) atoms. The van der Waals surface area contributed by atoms with Gasteiger partial charge in [-0.25, -0.2) is 0 Å². The molecule has 0 unspecified atom stereocenters. The van der Waals surface area contributed by atoms with Crippen LogP contribution >= 0.6 is 11.5 Å². The average molecular weight is 285 g/mol. The van der Waals surface area contributed by atoms with Crippen LogP contribution < -0.4 is 10.3 Å². The molecule has 3 aromatic rings. The monoisotopic (exact) mass is 285 g/mol. The quantitative estimate of drug-likeness (QED) is 0.736. The molecular formula is C16H15NO2S. The number of rotatable bonds is 4. The van der Waals surface area contributed by atoms with Gasteiger partial charge in [-0.3, -0.25) is 8.75 Å². The lowest BCUT2D eigenvalue weighted by atomic mass is 10.1. The summed E-state index contributed by atoms with van der Waals surface area (Å²) in [6, 6.07) is 15.9. The average Bonchev–Trinajstić information content (AvgIpc) is 2.82. The number of ether oxygens (including phenoxy) is 1. The molecule has 1 heterocycles. The molecule has 1 aromatic heterocycles. The minimum absolute atomic E-state index is 0.0693. The Morgan fingerprint density at radius 2 is 1.95 bits per heavy atom. The first-order valence-electron chi connectivity index (χ1n) is 6.50. The van der Waals surface area contributed by atoms with Crippen LogP contribution in [0.5, 0.6) is 5.75 Å². The predicted octanol–water partition coefficient (Wildman–Crippen LogP) is 3.31. The fourth-order valence-corrected chi connectivity index (χ4v) is 3.17. The number of fused-ring (bicyclic) bond motifs is 1. The van der Waals surface area contributed by atoms with E-state index >= 15 is 0 Å². The van der Waals surface area contributed by atoms with Crippen LogP contribution in [0.15, 0.2) is 53.3 Å². The SMILES string of the molecule is COc1ccc2sn(CCc3ccccc3)c(=O)c2c1. The van der Waals surface area contributed by atoms with Crippen molar-refractivity contribution in [3.63, 3.8) is 0 Å². The second-order valence-corrected chi connectivity index (χ2v) is 5.66. The van der Waals surface area contributed by atoms with E-state index in [-0.39, 0.29) is 5.56 Å². The van der Waals surface area contributed by atoms with E-state index in [2.05, 4.69) is 12.1 Å². The smallest absolute Gasteiger partial charge is 0.268 e. The van der Waals surface area contributed by atoms with Gasteiger partial charge >= 0.3 is 0 Å². The summed E-state index contributed by atoms with van der Waals surface area (Å²) in [5.74, 6) is 0.725. The Labute approximate surface area is 121 Å². The lowest BCUT2D eigenvalue weighted by Crippen LogP contribution is -2.14. The Morgan fingerprint density at radius 3 is 2.70 bits per heavy atom. The highest BCUT2D eigenvalue weighted by Gasteiger charge is 2.08. The Balaban J connectivity index is 1.89. The van der Waals surface area contributed by atoms with E-state index < -0.39 is 0 Å². The Bertz CT molecular complexity index is 774. The maximum Gasteiger partial charge on any atom is 0.268 e. The third kappa shape index (κ3) is 2.47. The zero-order chi connectivity index (χ0) is 13.9. The first kappa shape index (κ1) is 12.9. The molecule has 0 aliphatic carbocycles. The molecule has 3 nitrogen and oxygen atoms in total. The molecule has 4 heteroatoms. The molecule has 0 radical (unpaired) electrons. The largest absolute Gasteiger partial charge is 0.497 e. The van der Waals surface area contributed by atoms with Gasteiger partial charge < -0.3 is 4.74 Å². The van der Waals surface area contributed by atoms with Crippen molar-refractivity contribution < 1.29 is 4.74 Å². The van der Waals surface area contributed by atoms with E-state index in [1.165, 1.54) is 17.1 Å². The highest BCUT2D eigenvalue weighted by atomic mass is 32.1. The third-order valence-electron chi connectivity index (χ3n) is 3.30. The number of aromatic nitrogens is 1. The molecule has 2 aromatic carbocycles. The number of hydrogen-bond acceptors (Lipinski definition) is 3. The molecule has 102 valence electrons. The van der Waals surface area contributed by atoms with Gasteiger partial charge in [-0.15, -0.1) is 0 Å². The van der Waals surface area contributed by atoms with Crippen LogP contribution in [-0.2, 0) is 13.0 Å². The van der Waals surface area contributed by atoms with Crippen molar-refractivity contribution in [3.05, 3.63) is 64.4 Å². The second kappa shape index (κ2) is 5.51. The summed E-state index contributed by atoms with van der Waals surface area (Å²) in [6.07, 6.45) is 0.866. The van der Waals surface area contributed by atoms with E-state index in [0.717, 1.165) is 22.3 Å². The summed E-state index contributed by atoms with van der Waals surface area (Å²) in [7, 11) is 1.61. The summed E-state index contributed by atoms with van der Waals surface area (Å²) in [4.78, 5) is 12.3. The molecule has 0 saturated heterocycles. The Kier molecular flexibility index (Phi) is 3.56. The predicted molar refractivity (Wildman–Crippen MR) is 82.8 cm³/mol. The molecule has 0 atom stereocenters. The lowest BCUT2D eigenvalue weighted by molar-refractivity contribution is 0.415. The summed E-state index contributed by atoms with van der Waals surface area (Å²) in [5.41, 5.74) is 1.31. The van der Waals surface area contributed by atoms with E-state index in [0.29, 0.717) is 6.54 Å². The zero-order valence-electron chi connectivity index (χ0n) is 11.2. The fourth-order valence-electron chi connectivity index (χ4n) is 2.20. The van der Waals surface area contributed by atoms with Crippen molar-refractivity contribution in [3.8, 4) is 5.75 Å². The second-order valence-electron chi connectivity index (χ2n) is 4.60. The number of nitrogens with zero attached hydrogens (tertiary/aromatic N) is 1. The van der Waals surface area contributed by atoms with Gasteiger partial charge in [0.15, 0.2) is 0 Å². The summed E-state index contributed by atoms with van der Waals surface area (Å²) < 4.78 is 7.99. The molecule has 0 saturated carbocycles. The van der Waals surface area contributed by atoms with E-state index in [4.69, 9.17) is 4.74 Å². The molecule has 3 rings (SSSR count). The number of benzene rings is 2. The molecular weight excluding hydrogens is 270 g/mol. The van der Waals surface area contributed by atoms with Crippen LogP contribution in [0.25, 0.3) is 10.1 Å². The van der Waals surface area contributed by atoms with Crippen molar-refractivity contribution in [2.75, 3.05) is 7.11 Å². The van der Waals surface area contributed by atoms with Gasteiger partial charge in [0.25, 0.3) is 5.56 Å². The molecule has 0 spiro atoms. The highest BCUT2D eigenvalue weighted by Crippen LogP contribution is 2.22. The summed E-state index contributed by atoms with van der Waals surface area (Å²) in [6.45, 7) is 0.713. The topological polar surface area (TPSA) is 31.2 Å². The van der Waals surface area contributed by atoms with E-state index in [1.807, 2.05) is 40.4 Å². The summed E-state index contributed by atoms with van der Waals surface area (Å²) >= 11 is 1.51. The van der Waals surface area contributed by atoms with Crippen molar-refractivity contribution in [1.29, 1.82) is 0 Å². The van der Waals surface area contributed by atoms with E-state index in [9.17, 15) is 4.79 Å². The molecule has 0 aliphatic heterocycles. The van der Waals surface area contributed by atoms with Crippen LogP contribution in [0, 0.1) is 0 Å². The number of aryl methyl sites for hydroxylation is 2. The van der Waals surface area contributed by atoms with Crippen molar-refractivity contribution in [1.82, 2.24) is 3.96 Å². The van der Waals surface area contributed by atoms with Gasteiger partial charge in [0.05, 0.1) is 17.2 Å². The van der Waals surface area contributed by atoms with Crippen molar-refractivity contribution >= 4 is 21.6 Å². The number of hydrogen-bond donors (Lipinski definition) is 0. The fraction of sp³-hybridized carbons (Fsp3) is 0.188. The third-order valence-corrected chi connectivity index (χ3v) is 4.42. The molecule has 0 N–H and O–H groups in total. The van der Waals surface area contributed by atoms with Crippen molar-refractivity contribution in [2.24, 2.45) is 0 Å². The van der Waals surface area contributed by atoms with E-state index in [1.54, 1.807) is 7.11 Å². The van der Waals surface area contributed by atoms with Crippen molar-refractivity contribution in [2.45, 2.75) is 13.0 Å². The minimum Gasteiger partial charge on any atom is -0.497 e. The minimum atomic E-state index is 0.0693. The molecule has 0 bridgehead atoms. The molecule has 0 fully saturated rings. The molecule has 0 amide bonds. The van der Waals surface area contributed by atoms with Gasteiger partial charge in [-0.2, -0.15) is 0 Å². The molecule has 0 aliphatic rings. The van der Waals surface area contributed by atoms with Gasteiger partial charge in [0.1, 0.15) is 5.75 Å². The number of methoxy groups -OCH3 is 1. The summed E-state index contributed by atoms with van der Waals surface area (Å²) in [5, 5.41) is 0.738. The van der Waals surface area contributed by atoms with Crippen LogP contribution in [0.3, 0.4) is 0 Å². The van der Waals surface area contributed by atoms with Gasteiger partial charge in [0, 0.05) is 6.54 Å². The highest BCUT2D eigenvalue weighted by molar-refractivity contribution is 7.13. The first-order chi connectivity index (χ1) is 9.78. The Morgan fingerprint density at radius 1 is 1.15 bits per heavy atom. The van der Waals surface area contributed by atoms with Crippen LogP contribution in [0.2, 0.25) is 0 Å².